The predicted octanol–water partition coefficient (Wildman–Crippen LogP) is 2.57. The molecule has 0 unspecified atom stereocenters. The van der Waals surface area contributed by atoms with Crippen molar-refractivity contribution < 1.29 is 9.08 Å². The van der Waals surface area contributed by atoms with Crippen molar-refractivity contribution in [3.63, 3.8) is 0 Å². The average molecular weight is 175 g/mol. The van der Waals surface area contributed by atoms with Gasteiger partial charge in [0.25, 0.3) is 0 Å². The second-order valence-electron chi connectivity index (χ2n) is 2.84. The van der Waals surface area contributed by atoms with E-state index >= 15 is 0 Å². The van der Waals surface area contributed by atoms with Crippen molar-refractivity contribution in [2.45, 2.75) is 32.6 Å². The van der Waals surface area contributed by atoms with Crippen LogP contribution in [0.5, 0.6) is 0 Å². The van der Waals surface area contributed by atoms with E-state index in [1.165, 1.54) is 18.9 Å². The molecule has 1 saturated carbocycles. The molecule has 0 atom stereocenters. The molecule has 0 radical (unpaired) electrons. The molecule has 1 rings (SSSR count). The van der Waals surface area contributed by atoms with E-state index in [1.54, 1.807) is 0 Å². The molecule has 0 saturated heterocycles. The van der Waals surface area contributed by atoms with Gasteiger partial charge in [-0.2, -0.15) is 0 Å². The second-order valence-corrected chi connectivity index (χ2v) is 2.99. The Labute approximate surface area is 71.3 Å². The number of allylic oxidation sites excluding steroid dienone is 2. The van der Waals surface area contributed by atoms with Crippen molar-refractivity contribution in [2.24, 2.45) is 0 Å². The van der Waals surface area contributed by atoms with Gasteiger partial charge in [-0.05, 0) is 31.8 Å². The molecule has 0 amide bonds. The minimum atomic E-state index is 0.0973. The Balaban J connectivity index is 2.54. The van der Waals surface area contributed by atoms with Gasteiger partial charge in [0.05, 0.1) is 6.42 Å². The van der Waals surface area contributed by atoms with Crippen LogP contribution in [-0.4, -0.2) is 5.78 Å². The fraction of sp³-hybridized carbons (Fsp3) is 0.625. The van der Waals surface area contributed by atoms with Gasteiger partial charge in [0, 0.05) is 0 Å². The quantitative estimate of drug-likeness (QED) is 0.615. The van der Waals surface area contributed by atoms with Gasteiger partial charge in [0.1, 0.15) is 23.4 Å². The third-order valence-electron chi connectivity index (χ3n) is 1.85. The topological polar surface area (TPSA) is 26.3 Å². The molecule has 2 nitrogen and oxygen atoms in total. The largest absolute Gasteiger partial charge is 0.390 e. The first-order valence-electron chi connectivity index (χ1n) is 3.73. The Morgan fingerprint density at radius 2 is 2.27 bits per heavy atom. The fourth-order valence-electron chi connectivity index (χ4n) is 1.07. The molecule has 0 N–H and O–H groups in total. The summed E-state index contributed by atoms with van der Waals surface area (Å²) in [6, 6.07) is 0. The van der Waals surface area contributed by atoms with Gasteiger partial charge in [0.2, 0.25) is 0 Å². The van der Waals surface area contributed by atoms with Crippen LogP contribution in [-0.2, 0) is 9.08 Å². The predicted molar refractivity (Wildman–Crippen MR) is 43.1 cm³/mol. The highest BCUT2D eigenvalue weighted by atomic mass is 35.5. The molecule has 62 valence electrons. The molecular weight excluding hydrogens is 164 g/mol. The lowest BCUT2D eigenvalue weighted by Crippen LogP contribution is -2.05. The van der Waals surface area contributed by atoms with Crippen LogP contribution in [0.2, 0.25) is 0 Å². The lowest BCUT2D eigenvalue weighted by molar-refractivity contribution is -0.116. The van der Waals surface area contributed by atoms with Gasteiger partial charge >= 0.3 is 0 Å². The minimum Gasteiger partial charge on any atom is -0.390 e. The molecule has 0 bridgehead atoms. The maximum Gasteiger partial charge on any atom is 0.137 e. The van der Waals surface area contributed by atoms with Crippen LogP contribution in [0.1, 0.15) is 32.6 Å². The van der Waals surface area contributed by atoms with Gasteiger partial charge in [-0.3, -0.25) is 4.79 Å². The molecule has 0 aromatic carbocycles. The summed E-state index contributed by atoms with van der Waals surface area (Å²) < 4.78 is 4.60. The zero-order valence-corrected chi connectivity index (χ0v) is 7.28. The van der Waals surface area contributed by atoms with E-state index in [0.717, 1.165) is 12.8 Å². The van der Waals surface area contributed by atoms with E-state index in [-0.39, 0.29) is 5.78 Å². The number of halogens is 1. The van der Waals surface area contributed by atoms with Crippen LogP contribution < -0.4 is 0 Å². The van der Waals surface area contributed by atoms with E-state index in [9.17, 15) is 4.79 Å². The third kappa shape index (κ3) is 2.22. The zero-order chi connectivity index (χ0) is 8.27. The number of Topliss-reactive ketones (excluding diaryl/α,β-unsaturated/α-hetero) is 1. The maximum atomic E-state index is 10.7. The number of hydrogen-bond acceptors (Lipinski definition) is 2. The standard InChI is InChI=1S/C8H11ClO2/c1-6(10)5-8(11-9)7-3-2-4-7/h2-5H2,1H3. The van der Waals surface area contributed by atoms with Crippen LogP contribution in [0.15, 0.2) is 11.3 Å². The molecular formula is C8H11ClO2. The van der Waals surface area contributed by atoms with Gasteiger partial charge in [-0.1, -0.05) is 0 Å². The van der Waals surface area contributed by atoms with Gasteiger partial charge in [0.15, 0.2) is 0 Å². The molecule has 3 heteroatoms. The van der Waals surface area contributed by atoms with Crippen molar-refractivity contribution in [1.82, 2.24) is 0 Å². The van der Waals surface area contributed by atoms with Gasteiger partial charge in [-0.25, -0.2) is 0 Å². The monoisotopic (exact) mass is 174 g/mol. The molecule has 0 aromatic rings. The Morgan fingerprint density at radius 1 is 1.64 bits per heavy atom. The van der Waals surface area contributed by atoms with Crippen molar-refractivity contribution in [2.75, 3.05) is 0 Å². The van der Waals surface area contributed by atoms with Crippen molar-refractivity contribution in [1.29, 1.82) is 0 Å². The van der Waals surface area contributed by atoms with E-state index in [4.69, 9.17) is 11.9 Å². The SMILES string of the molecule is CC(=O)CC(OCl)=C1CCC1. The molecule has 0 heterocycles. The number of ketones is 1. The Hall–Kier alpha value is -0.500. The second kappa shape index (κ2) is 3.77. The third-order valence-corrected chi connectivity index (χ3v) is 2.04. The minimum absolute atomic E-state index is 0.0973. The first-order chi connectivity index (χ1) is 5.24. The van der Waals surface area contributed by atoms with Crippen molar-refractivity contribution in [3.05, 3.63) is 11.3 Å². The molecule has 1 aliphatic rings. The van der Waals surface area contributed by atoms with E-state index in [0.29, 0.717) is 12.2 Å². The molecule has 1 fully saturated rings. The van der Waals surface area contributed by atoms with E-state index < -0.39 is 0 Å². The first kappa shape index (κ1) is 8.60. The maximum absolute atomic E-state index is 10.7. The summed E-state index contributed by atoms with van der Waals surface area (Å²) in [6.45, 7) is 1.54. The summed E-state index contributed by atoms with van der Waals surface area (Å²) in [4.78, 5) is 10.7. The summed E-state index contributed by atoms with van der Waals surface area (Å²) >= 11 is 5.21. The Bertz CT molecular complexity index is 190. The Kier molecular flexibility index (Phi) is 2.94. The van der Waals surface area contributed by atoms with E-state index in [2.05, 4.69) is 4.29 Å². The molecule has 1 aliphatic carbocycles. The number of rotatable bonds is 3. The van der Waals surface area contributed by atoms with E-state index in [1.807, 2.05) is 0 Å². The summed E-state index contributed by atoms with van der Waals surface area (Å²) in [5.74, 6) is 0.769. The summed E-state index contributed by atoms with van der Waals surface area (Å²) in [7, 11) is 0. The highest BCUT2D eigenvalue weighted by molar-refractivity contribution is 6.08. The summed E-state index contributed by atoms with van der Waals surface area (Å²) in [5, 5.41) is 0. The molecule has 11 heavy (non-hydrogen) atoms. The molecule has 0 aliphatic heterocycles. The molecule has 0 aromatic heterocycles. The normalized spacial score (nSPS) is 15.6. The highest BCUT2D eigenvalue weighted by Crippen LogP contribution is 2.31. The Morgan fingerprint density at radius 3 is 2.55 bits per heavy atom. The van der Waals surface area contributed by atoms with Crippen molar-refractivity contribution in [3.8, 4) is 0 Å². The highest BCUT2D eigenvalue weighted by Gasteiger charge is 2.16. The number of carbonyl (C=O) groups excluding carboxylic acids is 1. The number of carbonyl (C=O) groups is 1. The summed E-state index contributed by atoms with van der Waals surface area (Å²) in [5.41, 5.74) is 1.20. The zero-order valence-electron chi connectivity index (χ0n) is 6.52. The fourth-order valence-corrected chi connectivity index (χ4v) is 1.23. The lowest BCUT2D eigenvalue weighted by Gasteiger charge is -2.18. The average Bonchev–Trinajstić information content (AvgIpc) is 1.81. The lowest BCUT2D eigenvalue weighted by atomic mass is 9.90. The number of hydrogen-bond donors (Lipinski definition) is 0. The van der Waals surface area contributed by atoms with Crippen LogP contribution in [0.4, 0.5) is 0 Å². The molecule has 0 spiro atoms. The van der Waals surface area contributed by atoms with Crippen LogP contribution >= 0.6 is 11.9 Å². The van der Waals surface area contributed by atoms with Crippen LogP contribution in [0, 0.1) is 0 Å². The smallest absolute Gasteiger partial charge is 0.137 e. The van der Waals surface area contributed by atoms with Gasteiger partial charge < -0.3 is 4.29 Å². The van der Waals surface area contributed by atoms with Crippen molar-refractivity contribution >= 4 is 17.6 Å². The van der Waals surface area contributed by atoms with Crippen LogP contribution in [0.3, 0.4) is 0 Å². The summed E-state index contributed by atoms with van der Waals surface area (Å²) in [6.07, 6.45) is 3.61. The van der Waals surface area contributed by atoms with Crippen LogP contribution in [0.25, 0.3) is 0 Å². The first-order valence-corrected chi connectivity index (χ1v) is 4.04. The van der Waals surface area contributed by atoms with Gasteiger partial charge in [-0.15, -0.1) is 0 Å².